The molecule has 1 amide bonds. The minimum Gasteiger partial charge on any atom is -0.352 e. The normalized spacial score (nSPS) is 14.0. The van der Waals surface area contributed by atoms with Crippen molar-refractivity contribution in [2.24, 2.45) is 0 Å². The van der Waals surface area contributed by atoms with Crippen LogP contribution in [0.25, 0.3) is 22.4 Å². The SMILES string of the molecule is CCCc1nc(N2CCN(C(=O)CSc3ccccc3)CC2)c2c(-c3ccccc3)noc2n1. The van der Waals surface area contributed by atoms with Gasteiger partial charge in [0.2, 0.25) is 5.91 Å². The average Bonchev–Trinajstić information content (AvgIpc) is 3.32. The van der Waals surface area contributed by atoms with Crippen molar-refractivity contribution >= 4 is 34.6 Å². The van der Waals surface area contributed by atoms with Gasteiger partial charge in [-0.25, -0.2) is 4.98 Å². The molecule has 2 aromatic heterocycles. The first-order chi connectivity index (χ1) is 16.7. The third kappa shape index (κ3) is 4.77. The van der Waals surface area contributed by atoms with Gasteiger partial charge in [0.05, 0.1) is 5.75 Å². The minimum atomic E-state index is 0.169. The molecule has 0 radical (unpaired) electrons. The Labute approximate surface area is 203 Å². The highest BCUT2D eigenvalue weighted by Gasteiger charge is 2.27. The molecule has 1 aliphatic heterocycles. The number of amides is 1. The number of anilines is 1. The highest BCUT2D eigenvalue weighted by atomic mass is 32.2. The number of hydrogen-bond acceptors (Lipinski definition) is 7. The van der Waals surface area contributed by atoms with Gasteiger partial charge in [0.1, 0.15) is 22.7 Å². The van der Waals surface area contributed by atoms with E-state index >= 15 is 0 Å². The molecular weight excluding hydrogens is 446 g/mol. The van der Waals surface area contributed by atoms with Gasteiger partial charge in [-0.05, 0) is 18.6 Å². The van der Waals surface area contributed by atoms with Crippen molar-refractivity contribution < 1.29 is 9.32 Å². The molecule has 0 spiro atoms. The number of aryl methyl sites for hydroxylation is 1. The molecule has 5 rings (SSSR count). The number of thioether (sulfide) groups is 1. The lowest BCUT2D eigenvalue weighted by Crippen LogP contribution is -2.49. The van der Waals surface area contributed by atoms with E-state index in [4.69, 9.17) is 9.51 Å². The number of carbonyl (C=O) groups excluding carboxylic acids is 1. The summed E-state index contributed by atoms with van der Waals surface area (Å²) in [4.78, 5) is 27.7. The van der Waals surface area contributed by atoms with Crippen LogP contribution in [0.2, 0.25) is 0 Å². The van der Waals surface area contributed by atoms with Crippen molar-refractivity contribution in [2.45, 2.75) is 24.7 Å². The molecule has 0 N–H and O–H groups in total. The molecule has 0 saturated carbocycles. The van der Waals surface area contributed by atoms with Gasteiger partial charge in [0.25, 0.3) is 5.71 Å². The summed E-state index contributed by atoms with van der Waals surface area (Å²) < 4.78 is 5.66. The number of hydrogen-bond donors (Lipinski definition) is 0. The van der Waals surface area contributed by atoms with E-state index in [0.717, 1.165) is 46.0 Å². The Morgan fingerprint density at radius 3 is 2.38 bits per heavy atom. The second kappa shape index (κ2) is 10.3. The number of benzene rings is 2. The van der Waals surface area contributed by atoms with Crippen LogP contribution in [-0.2, 0) is 11.2 Å². The molecule has 1 aliphatic rings. The van der Waals surface area contributed by atoms with E-state index in [-0.39, 0.29) is 5.91 Å². The summed E-state index contributed by atoms with van der Waals surface area (Å²) in [6, 6.07) is 20.0. The summed E-state index contributed by atoms with van der Waals surface area (Å²) in [5.74, 6) is 2.23. The number of carbonyl (C=O) groups is 1. The largest absolute Gasteiger partial charge is 0.352 e. The molecule has 7 nitrogen and oxygen atoms in total. The first-order valence-electron chi connectivity index (χ1n) is 11.6. The van der Waals surface area contributed by atoms with Crippen molar-refractivity contribution in [3.8, 4) is 11.3 Å². The van der Waals surface area contributed by atoms with Gasteiger partial charge < -0.3 is 14.3 Å². The zero-order chi connectivity index (χ0) is 23.3. The van der Waals surface area contributed by atoms with Crippen LogP contribution in [0.1, 0.15) is 19.2 Å². The molecule has 0 atom stereocenters. The van der Waals surface area contributed by atoms with Gasteiger partial charge in [-0.15, -0.1) is 11.8 Å². The van der Waals surface area contributed by atoms with Crippen molar-refractivity contribution in [2.75, 3.05) is 36.8 Å². The van der Waals surface area contributed by atoms with E-state index in [1.165, 1.54) is 0 Å². The smallest absolute Gasteiger partial charge is 0.263 e. The van der Waals surface area contributed by atoms with Crippen LogP contribution in [0.4, 0.5) is 5.82 Å². The van der Waals surface area contributed by atoms with Gasteiger partial charge in [-0.3, -0.25) is 4.79 Å². The van der Waals surface area contributed by atoms with Crippen molar-refractivity contribution in [1.82, 2.24) is 20.0 Å². The summed E-state index contributed by atoms with van der Waals surface area (Å²) in [5.41, 5.74) is 2.25. The van der Waals surface area contributed by atoms with E-state index < -0.39 is 0 Å². The van der Waals surface area contributed by atoms with E-state index in [2.05, 4.69) is 22.0 Å². The Morgan fingerprint density at radius 2 is 1.68 bits per heavy atom. The molecule has 0 unspecified atom stereocenters. The van der Waals surface area contributed by atoms with Gasteiger partial charge in [-0.2, -0.15) is 4.98 Å². The predicted octanol–water partition coefficient (Wildman–Crippen LogP) is 4.68. The maximum atomic E-state index is 12.8. The lowest BCUT2D eigenvalue weighted by molar-refractivity contribution is -0.128. The lowest BCUT2D eigenvalue weighted by Gasteiger charge is -2.35. The Bertz CT molecular complexity index is 1250. The summed E-state index contributed by atoms with van der Waals surface area (Å²) in [7, 11) is 0. The van der Waals surface area contributed by atoms with Crippen LogP contribution >= 0.6 is 11.8 Å². The van der Waals surface area contributed by atoms with Crippen LogP contribution in [-0.4, -0.2) is 57.9 Å². The van der Waals surface area contributed by atoms with E-state index in [1.54, 1.807) is 11.8 Å². The van der Waals surface area contributed by atoms with Gasteiger partial charge in [0, 0.05) is 43.1 Å². The van der Waals surface area contributed by atoms with Crippen LogP contribution < -0.4 is 4.90 Å². The third-order valence-corrected chi connectivity index (χ3v) is 6.92. The highest BCUT2D eigenvalue weighted by molar-refractivity contribution is 8.00. The molecule has 8 heteroatoms. The third-order valence-electron chi connectivity index (χ3n) is 5.92. The zero-order valence-corrected chi connectivity index (χ0v) is 20.0. The minimum absolute atomic E-state index is 0.169. The van der Waals surface area contributed by atoms with Crippen molar-refractivity contribution in [3.63, 3.8) is 0 Å². The highest BCUT2D eigenvalue weighted by Crippen LogP contribution is 2.34. The molecule has 1 fully saturated rings. The zero-order valence-electron chi connectivity index (χ0n) is 19.2. The Balaban J connectivity index is 1.35. The molecule has 1 saturated heterocycles. The Morgan fingerprint density at radius 1 is 0.971 bits per heavy atom. The lowest BCUT2D eigenvalue weighted by atomic mass is 10.1. The number of nitrogens with zero attached hydrogens (tertiary/aromatic N) is 5. The van der Waals surface area contributed by atoms with Gasteiger partial charge in [-0.1, -0.05) is 60.6 Å². The molecule has 3 heterocycles. The van der Waals surface area contributed by atoms with Crippen LogP contribution in [0.5, 0.6) is 0 Å². The standard InChI is InChI=1S/C26H27N5O2S/c1-2-9-21-27-25(23-24(29-33-26(23)28-21)19-10-5-3-6-11-19)31-16-14-30(15-17-31)22(32)18-34-20-12-7-4-8-13-20/h3-8,10-13H,2,9,14-18H2,1H3. The number of rotatable bonds is 7. The van der Waals surface area contributed by atoms with Crippen LogP contribution in [0.15, 0.2) is 70.1 Å². The molecule has 0 aliphatic carbocycles. The van der Waals surface area contributed by atoms with Crippen LogP contribution in [0.3, 0.4) is 0 Å². The predicted molar refractivity (Wildman–Crippen MR) is 135 cm³/mol. The first-order valence-corrected chi connectivity index (χ1v) is 12.6. The second-order valence-electron chi connectivity index (χ2n) is 8.26. The number of piperazine rings is 1. The van der Waals surface area contributed by atoms with E-state index in [1.807, 2.05) is 65.6 Å². The fourth-order valence-electron chi connectivity index (χ4n) is 4.16. The molecule has 34 heavy (non-hydrogen) atoms. The molecule has 4 aromatic rings. The topological polar surface area (TPSA) is 75.4 Å². The summed E-state index contributed by atoms with van der Waals surface area (Å²) in [6.45, 7) is 4.85. The van der Waals surface area contributed by atoms with Crippen molar-refractivity contribution in [3.05, 3.63) is 66.5 Å². The average molecular weight is 474 g/mol. The van der Waals surface area contributed by atoms with Gasteiger partial charge >= 0.3 is 0 Å². The quantitative estimate of drug-likeness (QED) is 0.361. The Kier molecular flexibility index (Phi) is 6.76. The fraction of sp³-hybridized carbons (Fsp3) is 0.308. The van der Waals surface area contributed by atoms with Gasteiger partial charge in [0.15, 0.2) is 0 Å². The van der Waals surface area contributed by atoms with Crippen LogP contribution in [0, 0.1) is 0 Å². The fourth-order valence-corrected chi connectivity index (χ4v) is 4.98. The summed E-state index contributed by atoms with van der Waals surface area (Å²) in [6.07, 6.45) is 1.73. The second-order valence-corrected chi connectivity index (χ2v) is 9.31. The molecular formula is C26H27N5O2S. The van der Waals surface area contributed by atoms with Crippen molar-refractivity contribution in [1.29, 1.82) is 0 Å². The number of fused-ring (bicyclic) bond motifs is 1. The number of aromatic nitrogens is 3. The Hall–Kier alpha value is -3.39. The summed E-state index contributed by atoms with van der Waals surface area (Å²) >= 11 is 1.58. The van der Waals surface area contributed by atoms with E-state index in [0.29, 0.717) is 37.6 Å². The maximum absolute atomic E-state index is 12.8. The molecule has 2 aromatic carbocycles. The monoisotopic (exact) mass is 473 g/mol. The molecule has 0 bridgehead atoms. The van der Waals surface area contributed by atoms with E-state index in [9.17, 15) is 4.79 Å². The summed E-state index contributed by atoms with van der Waals surface area (Å²) in [5, 5.41) is 5.19. The first kappa shape index (κ1) is 22.4. The maximum Gasteiger partial charge on any atom is 0.263 e. The molecule has 174 valence electrons.